The second kappa shape index (κ2) is 5.03. The summed E-state index contributed by atoms with van der Waals surface area (Å²) in [6.07, 6.45) is 0.685. The van der Waals surface area contributed by atoms with Crippen LogP contribution in [0.1, 0.15) is 26.7 Å². The Morgan fingerprint density at radius 1 is 1.21 bits per heavy atom. The van der Waals surface area contributed by atoms with Crippen LogP contribution in [-0.2, 0) is 4.79 Å². The monoisotopic (exact) mass is 270 g/mol. The first-order chi connectivity index (χ1) is 8.88. The Balaban J connectivity index is 2.34. The molecule has 0 radical (unpaired) electrons. The van der Waals surface area contributed by atoms with Gasteiger partial charge in [-0.25, -0.2) is 13.2 Å². The molecule has 6 heteroatoms. The maximum absolute atomic E-state index is 13.6. The number of hydrogen-bond acceptors (Lipinski definition) is 2. The summed E-state index contributed by atoms with van der Waals surface area (Å²) in [5.74, 6) is -3.65. The van der Waals surface area contributed by atoms with Crippen LogP contribution >= 0.6 is 0 Å². The number of amides is 1. The smallest absolute Gasteiger partial charge is 0.253 e. The van der Waals surface area contributed by atoms with Gasteiger partial charge >= 0.3 is 0 Å². The van der Waals surface area contributed by atoms with Crippen LogP contribution in [0, 0.1) is 23.4 Å². The Bertz CT molecular complexity index is 555. The van der Waals surface area contributed by atoms with Gasteiger partial charge in [-0.15, -0.1) is 0 Å². The molecule has 1 amide bonds. The number of carbonyl (C=O) groups is 1. The zero-order chi connectivity index (χ0) is 14.2. The highest BCUT2D eigenvalue weighted by atomic mass is 19.2. The van der Waals surface area contributed by atoms with Gasteiger partial charge in [-0.1, -0.05) is 13.8 Å². The summed E-state index contributed by atoms with van der Waals surface area (Å²) in [5, 5.41) is 4.78. The lowest BCUT2D eigenvalue weighted by molar-refractivity contribution is -0.116. The van der Waals surface area contributed by atoms with Crippen LogP contribution in [0.5, 0.6) is 0 Å². The normalized spacial score (nSPS) is 15.4. The molecule has 19 heavy (non-hydrogen) atoms. The molecular weight excluding hydrogens is 257 g/mol. The second-order valence-corrected chi connectivity index (χ2v) is 4.86. The molecule has 1 aliphatic rings. The van der Waals surface area contributed by atoms with Crippen LogP contribution in [0.25, 0.3) is 0 Å². The highest BCUT2D eigenvalue weighted by molar-refractivity contribution is 6.13. The van der Waals surface area contributed by atoms with Gasteiger partial charge in [0, 0.05) is 17.8 Å². The van der Waals surface area contributed by atoms with Gasteiger partial charge in [-0.2, -0.15) is 10.1 Å². The number of halogens is 3. The van der Waals surface area contributed by atoms with Crippen LogP contribution in [0.2, 0.25) is 0 Å². The van der Waals surface area contributed by atoms with Crippen LogP contribution in [-0.4, -0.2) is 11.6 Å². The molecule has 1 aliphatic heterocycles. The van der Waals surface area contributed by atoms with E-state index in [4.69, 9.17) is 0 Å². The zero-order valence-corrected chi connectivity index (χ0v) is 10.6. The van der Waals surface area contributed by atoms with E-state index >= 15 is 0 Å². The van der Waals surface area contributed by atoms with Crippen molar-refractivity contribution in [2.45, 2.75) is 26.7 Å². The molecule has 0 saturated heterocycles. The van der Waals surface area contributed by atoms with Crippen molar-refractivity contribution in [3.8, 4) is 0 Å². The maximum atomic E-state index is 13.6. The molecule has 0 aliphatic carbocycles. The molecule has 0 spiro atoms. The van der Waals surface area contributed by atoms with E-state index in [0.717, 1.165) is 5.01 Å². The van der Waals surface area contributed by atoms with Gasteiger partial charge in [0.1, 0.15) is 5.69 Å². The minimum Gasteiger partial charge on any atom is -0.272 e. The molecule has 0 atom stereocenters. The van der Waals surface area contributed by atoms with Crippen LogP contribution in [0.4, 0.5) is 18.9 Å². The number of hydrogen-bond donors (Lipinski definition) is 0. The molecule has 0 bridgehead atoms. The SMILES string of the molecule is CC(C)CC1=NN(c2cc(F)c(F)cc2F)C(=O)C1. The quantitative estimate of drug-likeness (QED) is 0.776. The van der Waals surface area contributed by atoms with Crippen molar-refractivity contribution < 1.29 is 18.0 Å². The minimum atomic E-state index is -1.29. The Morgan fingerprint density at radius 3 is 2.47 bits per heavy atom. The molecule has 102 valence electrons. The van der Waals surface area contributed by atoms with Gasteiger partial charge in [0.05, 0.1) is 6.42 Å². The topological polar surface area (TPSA) is 32.7 Å². The van der Waals surface area contributed by atoms with E-state index in [9.17, 15) is 18.0 Å². The molecule has 1 heterocycles. The Kier molecular flexibility index (Phi) is 3.59. The summed E-state index contributed by atoms with van der Waals surface area (Å²) in [5.41, 5.74) is 0.256. The van der Waals surface area contributed by atoms with Gasteiger partial charge in [-0.05, 0) is 12.3 Å². The van der Waals surface area contributed by atoms with Crippen LogP contribution in [0.15, 0.2) is 17.2 Å². The molecule has 0 fully saturated rings. The molecule has 0 aromatic heterocycles. The first-order valence-electron chi connectivity index (χ1n) is 5.92. The lowest BCUT2D eigenvalue weighted by atomic mass is 10.1. The summed E-state index contributed by atoms with van der Waals surface area (Å²) < 4.78 is 39.5. The van der Waals surface area contributed by atoms with E-state index in [1.165, 1.54) is 0 Å². The molecule has 0 N–H and O–H groups in total. The molecule has 1 aromatic rings. The number of nitrogens with zero attached hydrogens (tertiary/aromatic N) is 2. The van der Waals surface area contributed by atoms with E-state index in [1.807, 2.05) is 13.8 Å². The lowest BCUT2D eigenvalue weighted by Gasteiger charge is -2.12. The summed E-state index contributed by atoms with van der Waals surface area (Å²) in [7, 11) is 0. The number of benzene rings is 1. The van der Waals surface area contributed by atoms with Crippen molar-refractivity contribution in [3.05, 3.63) is 29.6 Å². The van der Waals surface area contributed by atoms with E-state index in [1.54, 1.807) is 0 Å². The molecule has 1 aromatic carbocycles. The largest absolute Gasteiger partial charge is 0.272 e. The highest BCUT2D eigenvalue weighted by Crippen LogP contribution is 2.27. The average molecular weight is 270 g/mol. The summed E-state index contributed by atoms with van der Waals surface area (Å²) >= 11 is 0. The third-order valence-corrected chi connectivity index (χ3v) is 2.69. The fourth-order valence-corrected chi connectivity index (χ4v) is 1.93. The van der Waals surface area contributed by atoms with E-state index in [2.05, 4.69) is 5.10 Å². The van der Waals surface area contributed by atoms with Crippen molar-refractivity contribution in [2.24, 2.45) is 11.0 Å². The highest BCUT2D eigenvalue weighted by Gasteiger charge is 2.28. The third kappa shape index (κ3) is 2.77. The summed E-state index contributed by atoms with van der Waals surface area (Å²) in [6.45, 7) is 3.93. The van der Waals surface area contributed by atoms with Gasteiger partial charge in [0.15, 0.2) is 17.5 Å². The Labute approximate surface area is 108 Å². The number of rotatable bonds is 3. The van der Waals surface area contributed by atoms with Gasteiger partial charge in [-0.3, -0.25) is 4.79 Å². The number of hydrazone groups is 1. The lowest BCUT2D eigenvalue weighted by Crippen LogP contribution is -2.21. The van der Waals surface area contributed by atoms with Crippen molar-refractivity contribution >= 4 is 17.3 Å². The second-order valence-electron chi connectivity index (χ2n) is 4.86. The van der Waals surface area contributed by atoms with Gasteiger partial charge < -0.3 is 0 Å². The fraction of sp³-hybridized carbons (Fsp3) is 0.385. The Hall–Kier alpha value is -1.85. The predicted molar refractivity (Wildman–Crippen MR) is 65.3 cm³/mol. The Morgan fingerprint density at radius 2 is 1.84 bits per heavy atom. The first-order valence-corrected chi connectivity index (χ1v) is 5.92. The first kappa shape index (κ1) is 13.6. The average Bonchev–Trinajstić information content (AvgIpc) is 2.63. The van der Waals surface area contributed by atoms with Crippen molar-refractivity contribution in [1.82, 2.24) is 0 Å². The van der Waals surface area contributed by atoms with Crippen molar-refractivity contribution in [1.29, 1.82) is 0 Å². The number of carbonyl (C=O) groups excluding carboxylic acids is 1. The van der Waals surface area contributed by atoms with E-state index in [-0.39, 0.29) is 12.1 Å². The molecule has 0 saturated carbocycles. The van der Waals surface area contributed by atoms with Crippen LogP contribution < -0.4 is 5.01 Å². The summed E-state index contributed by atoms with van der Waals surface area (Å²) in [6, 6.07) is 1.05. The van der Waals surface area contributed by atoms with Crippen LogP contribution in [0.3, 0.4) is 0 Å². The molecule has 0 unspecified atom stereocenters. The maximum Gasteiger partial charge on any atom is 0.253 e. The van der Waals surface area contributed by atoms with Gasteiger partial charge in [0.25, 0.3) is 5.91 Å². The van der Waals surface area contributed by atoms with Crippen molar-refractivity contribution in [2.75, 3.05) is 5.01 Å². The minimum absolute atomic E-state index is 0.0800. The standard InChI is InChI=1S/C13H13F3N2O/c1-7(2)3-8-4-13(19)18(17-8)12-6-10(15)9(14)5-11(12)16/h5-7H,3-4H2,1-2H3. The third-order valence-electron chi connectivity index (χ3n) is 2.69. The zero-order valence-electron chi connectivity index (χ0n) is 10.6. The van der Waals surface area contributed by atoms with Gasteiger partial charge in [0.2, 0.25) is 0 Å². The molecule has 3 nitrogen and oxygen atoms in total. The summed E-state index contributed by atoms with van der Waals surface area (Å²) in [4.78, 5) is 11.7. The molecular formula is C13H13F3N2O. The van der Waals surface area contributed by atoms with E-state index in [0.29, 0.717) is 30.2 Å². The predicted octanol–water partition coefficient (Wildman–Crippen LogP) is 3.24. The molecule has 2 rings (SSSR count). The van der Waals surface area contributed by atoms with Crippen molar-refractivity contribution in [3.63, 3.8) is 0 Å². The fourth-order valence-electron chi connectivity index (χ4n) is 1.93. The van der Waals surface area contributed by atoms with E-state index < -0.39 is 23.4 Å². The number of anilines is 1.